The smallest absolute Gasteiger partial charge is 0.339 e. The average Bonchev–Trinajstić information content (AvgIpc) is 2.29. The van der Waals surface area contributed by atoms with E-state index >= 15 is 0 Å². The number of aliphatic hydroxyl groups excluding tert-OH is 1. The van der Waals surface area contributed by atoms with Crippen molar-refractivity contribution in [3.8, 4) is 11.5 Å². The van der Waals surface area contributed by atoms with Gasteiger partial charge in [-0.1, -0.05) is 0 Å². The molecule has 1 aromatic rings. The summed E-state index contributed by atoms with van der Waals surface area (Å²) in [6, 6.07) is 2.70. The zero-order chi connectivity index (χ0) is 12.3. The van der Waals surface area contributed by atoms with Crippen molar-refractivity contribution >= 4 is 21.9 Å². The number of aliphatic hydroxyl groups is 1. The second-order valence-corrected chi connectivity index (χ2v) is 3.83. The lowest BCUT2D eigenvalue weighted by Crippen LogP contribution is -2.13. The molecule has 5 nitrogen and oxygen atoms in total. The Bertz CT molecular complexity index is 404. The van der Waals surface area contributed by atoms with Crippen LogP contribution in [-0.4, -0.2) is 30.4 Å². The Labute approximate surface area is 101 Å². The van der Waals surface area contributed by atoms with E-state index in [0.29, 0.717) is 10.2 Å². The van der Waals surface area contributed by atoms with Crippen molar-refractivity contribution in [2.45, 2.75) is 6.10 Å². The highest BCUT2D eigenvalue weighted by molar-refractivity contribution is 9.10. The topological polar surface area (TPSA) is 76.0 Å². The number of halogens is 1. The maximum absolute atomic E-state index is 11.1. The maximum Gasteiger partial charge on any atom is 0.339 e. The highest BCUT2D eigenvalue weighted by Gasteiger charge is 2.22. The third kappa shape index (κ3) is 2.45. The summed E-state index contributed by atoms with van der Waals surface area (Å²) in [6.45, 7) is 0. The fourth-order valence-corrected chi connectivity index (χ4v) is 1.70. The summed E-state index contributed by atoms with van der Waals surface area (Å²) in [7, 11) is 2.59. The number of carbonyl (C=O) groups is 1. The minimum Gasteiger partial charge on any atom is -0.507 e. The van der Waals surface area contributed by atoms with Gasteiger partial charge in [0.05, 0.1) is 18.7 Å². The Balaban J connectivity index is 3.15. The van der Waals surface area contributed by atoms with Gasteiger partial charge in [-0.25, -0.2) is 4.79 Å². The quantitative estimate of drug-likeness (QED) is 0.823. The van der Waals surface area contributed by atoms with Crippen LogP contribution in [0.15, 0.2) is 16.6 Å². The lowest BCUT2D eigenvalue weighted by Gasteiger charge is -2.12. The van der Waals surface area contributed by atoms with Gasteiger partial charge in [0, 0.05) is 11.6 Å². The van der Waals surface area contributed by atoms with Gasteiger partial charge in [0.2, 0.25) is 0 Å². The Morgan fingerprint density at radius 2 is 2.06 bits per heavy atom. The fourth-order valence-electron chi connectivity index (χ4n) is 1.17. The molecule has 0 radical (unpaired) electrons. The standard InChI is InChI=1S/C10H11BrO5/c1-15-8-4-7(12)5(3-6(8)11)9(13)10(14)16-2/h3-4,9,12-13H,1-2H3. The molecule has 1 rings (SSSR count). The minimum absolute atomic E-state index is 0.0551. The molecule has 2 N–H and O–H groups in total. The number of methoxy groups -OCH3 is 2. The molecule has 0 spiro atoms. The van der Waals surface area contributed by atoms with Crippen molar-refractivity contribution in [2.75, 3.05) is 14.2 Å². The molecule has 16 heavy (non-hydrogen) atoms. The highest BCUT2D eigenvalue weighted by Crippen LogP contribution is 2.35. The van der Waals surface area contributed by atoms with E-state index in [1.165, 1.54) is 19.2 Å². The van der Waals surface area contributed by atoms with Crippen LogP contribution in [-0.2, 0) is 9.53 Å². The second kappa shape index (κ2) is 5.18. The lowest BCUT2D eigenvalue weighted by atomic mass is 10.1. The molecule has 0 saturated carbocycles. The first-order valence-corrected chi connectivity index (χ1v) is 5.12. The molecule has 0 aliphatic heterocycles. The summed E-state index contributed by atoms with van der Waals surface area (Å²) in [5.41, 5.74) is 0.0551. The van der Waals surface area contributed by atoms with E-state index in [1.54, 1.807) is 0 Å². The molecule has 1 unspecified atom stereocenters. The zero-order valence-corrected chi connectivity index (χ0v) is 10.3. The van der Waals surface area contributed by atoms with E-state index in [2.05, 4.69) is 20.7 Å². The summed E-state index contributed by atoms with van der Waals surface area (Å²) in [6.07, 6.45) is -1.52. The molecule has 0 fully saturated rings. The van der Waals surface area contributed by atoms with Crippen molar-refractivity contribution in [3.63, 3.8) is 0 Å². The summed E-state index contributed by atoms with van der Waals surface area (Å²) in [5.74, 6) is -0.677. The SMILES string of the molecule is COC(=O)C(O)c1cc(Br)c(OC)cc1O. The van der Waals surface area contributed by atoms with Gasteiger partial charge in [-0.15, -0.1) is 0 Å². The van der Waals surface area contributed by atoms with Crippen molar-refractivity contribution in [1.29, 1.82) is 0 Å². The fraction of sp³-hybridized carbons (Fsp3) is 0.300. The van der Waals surface area contributed by atoms with Crippen LogP contribution in [0.4, 0.5) is 0 Å². The number of carbonyl (C=O) groups excluding carboxylic acids is 1. The van der Waals surface area contributed by atoms with Gasteiger partial charge in [0.15, 0.2) is 6.10 Å². The molecule has 0 aromatic heterocycles. The van der Waals surface area contributed by atoms with Gasteiger partial charge < -0.3 is 19.7 Å². The number of ether oxygens (including phenoxy) is 2. The number of aromatic hydroxyl groups is 1. The second-order valence-electron chi connectivity index (χ2n) is 2.97. The van der Waals surface area contributed by atoms with Crippen LogP contribution in [0.5, 0.6) is 11.5 Å². The predicted octanol–water partition coefficient (Wildman–Crippen LogP) is 1.37. The van der Waals surface area contributed by atoms with Crippen LogP contribution in [0.2, 0.25) is 0 Å². The molecule has 0 aliphatic rings. The van der Waals surface area contributed by atoms with Gasteiger partial charge in [-0.05, 0) is 22.0 Å². The number of phenols is 1. The maximum atomic E-state index is 11.1. The number of phenolic OH excluding ortho intramolecular Hbond substituents is 1. The Kier molecular flexibility index (Phi) is 4.14. The van der Waals surface area contributed by atoms with Crippen molar-refractivity contribution in [1.82, 2.24) is 0 Å². The van der Waals surface area contributed by atoms with Crippen LogP contribution < -0.4 is 4.74 Å². The molecule has 88 valence electrons. The summed E-state index contributed by atoms with van der Waals surface area (Å²) >= 11 is 3.18. The molecule has 0 aliphatic carbocycles. The zero-order valence-electron chi connectivity index (χ0n) is 8.73. The number of hydrogen-bond donors (Lipinski definition) is 2. The van der Waals surface area contributed by atoms with E-state index in [9.17, 15) is 15.0 Å². The third-order valence-corrected chi connectivity index (χ3v) is 2.64. The minimum atomic E-state index is -1.52. The van der Waals surface area contributed by atoms with Crippen molar-refractivity contribution in [2.24, 2.45) is 0 Å². The van der Waals surface area contributed by atoms with Crippen molar-refractivity contribution < 1.29 is 24.5 Å². The molecule has 6 heteroatoms. The normalized spacial score (nSPS) is 12.0. The van der Waals surface area contributed by atoms with E-state index in [1.807, 2.05) is 0 Å². The van der Waals surface area contributed by atoms with E-state index in [4.69, 9.17) is 4.74 Å². The lowest BCUT2D eigenvalue weighted by molar-refractivity contribution is -0.150. The molecular weight excluding hydrogens is 280 g/mol. The van der Waals surface area contributed by atoms with Gasteiger partial charge in [0.1, 0.15) is 11.5 Å². The van der Waals surface area contributed by atoms with Gasteiger partial charge in [0.25, 0.3) is 0 Å². The van der Waals surface area contributed by atoms with E-state index in [0.717, 1.165) is 7.11 Å². The largest absolute Gasteiger partial charge is 0.507 e. The number of benzene rings is 1. The van der Waals surface area contributed by atoms with Crippen LogP contribution in [0.3, 0.4) is 0 Å². The van der Waals surface area contributed by atoms with Crippen LogP contribution in [0.25, 0.3) is 0 Å². The number of hydrogen-bond acceptors (Lipinski definition) is 5. The highest BCUT2D eigenvalue weighted by atomic mass is 79.9. The molecule has 0 amide bonds. The Hall–Kier alpha value is -1.27. The first kappa shape index (κ1) is 12.8. The summed E-state index contributed by atoms with van der Waals surface area (Å²) in [5, 5.41) is 19.2. The number of rotatable bonds is 3. The van der Waals surface area contributed by atoms with Gasteiger partial charge in [-0.2, -0.15) is 0 Å². The summed E-state index contributed by atoms with van der Waals surface area (Å²) < 4.78 is 9.83. The van der Waals surface area contributed by atoms with Crippen LogP contribution in [0.1, 0.15) is 11.7 Å². The first-order valence-electron chi connectivity index (χ1n) is 4.33. The molecule has 0 heterocycles. The third-order valence-electron chi connectivity index (χ3n) is 2.02. The van der Waals surface area contributed by atoms with Crippen LogP contribution >= 0.6 is 15.9 Å². The van der Waals surface area contributed by atoms with Crippen molar-refractivity contribution in [3.05, 3.63) is 22.2 Å². The number of esters is 1. The molecule has 0 bridgehead atoms. The van der Waals surface area contributed by atoms with E-state index in [-0.39, 0.29) is 11.3 Å². The summed E-state index contributed by atoms with van der Waals surface area (Å²) in [4.78, 5) is 11.1. The van der Waals surface area contributed by atoms with Gasteiger partial charge in [-0.3, -0.25) is 0 Å². The molecular formula is C10H11BrO5. The van der Waals surface area contributed by atoms with Crippen LogP contribution in [0, 0.1) is 0 Å². The monoisotopic (exact) mass is 290 g/mol. The first-order chi connectivity index (χ1) is 7.51. The molecule has 0 saturated heterocycles. The molecule has 1 aromatic carbocycles. The predicted molar refractivity (Wildman–Crippen MR) is 59.3 cm³/mol. The van der Waals surface area contributed by atoms with Gasteiger partial charge >= 0.3 is 5.97 Å². The Morgan fingerprint density at radius 1 is 1.44 bits per heavy atom. The Morgan fingerprint density at radius 3 is 2.56 bits per heavy atom. The average molecular weight is 291 g/mol. The van der Waals surface area contributed by atoms with E-state index < -0.39 is 12.1 Å². The molecule has 1 atom stereocenters.